The summed E-state index contributed by atoms with van der Waals surface area (Å²) in [5.41, 5.74) is 2.97. The van der Waals surface area contributed by atoms with Crippen LogP contribution >= 0.6 is 0 Å². The van der Waals surface area contributed by atoms with Gasteiger partial charge in [0.15, 0.2) is 0 Å². The maximum absolute atomic E-state index is 13.0. The highest BCUT2D eigenvalue weighted by Crippen LogP contribution is 2.33. The number of pyridine rings is 2. The van der Waals surface area contributed by atoms with Gasteiger partial charge >= 0.3 is 0 Å². The number of amides is 1. The van der Waals surface area contributed by atoms with E-state index in [0.29, 0.717) is 17.9 Å². The highest BCUT2D eigenvalue weighted by molar-refractivity contribution is 5.95. The molecule has 4 rings (SSSR count). The molecule has 1 aliphatic rings. The molecule has 0 bridgehead atoms. The van der Waals surface area contributed by atoms with Crippen molar-refractivity contribution in [2.45, 2.75) is 25.8 Å². The summed E-state index contributed by atoms with van der Waals surface area (Å²) in [5, 5.41) is 7.36. The maximum atomic E-state index is 13.0. The molecule has 1 atom stereocenters. The molecule has 1 fully saturated rings. The molecular formula is C20H21FN6O. The number of anilines is 2. The van der Waals surface area contributed by atoms with E-state index in [1.54, 1.807) is 23.1 Å². The van der Waals surface area contributed by atoms with Crippen LogP contribution in [0.4, 0.5) is 15.9 Å². The lowest BCUT2D eigenvalue weighted by molar-refractivity contribution is 0.0732. The van der Waals surface area contributed by atoms with E-state index in [2.05, 4.69) is 20.4 Å². The zero-order chi connectivity index (χ0) is 19.7. The normalized spacial score (nSPS) is 16.4. The van der Waals surface area contributed by atoms with Crippen molar-refractivity contribution in [2.24, 2.45) is 7.05 Å². The van der Waals surface area contributed by atoms with Crippen LogP contribution in [0.15, 0.2) is 42.9 Å². The van der Waals surface area contributed by atoms with Gasteiger partial charge in [-0.15, -0.1) is 0 Å². The summed E-state index contributed by atoms with van der Waals surface area (Å²) in [4.78, 5) is 23.4. The lowest BCUT2D eigenvalue weighted by Crippen LogP contribution is -2.31. The van der Waals surface area contributed by atoms with Gasteiger partial charge in [-0.05, 0) is 44.0 Å². The Bertz CT molecular complexity index is 983. The Labute approximate surface area is 162 Å². The van der Waals surface area contributed by atoms with Gasteiger partial charge < -0.3 is 10.2 Å². The van der Waals surface area contributed by atoms with Crippen molar-refractivity contribution in [2.75, 3.05) is 11.9 Å². The molecule has 3 aromatic heterocycles. The number of carbonyl (C=O) groups excluding carboxylic acids is 1. The fourth-order valence-corrected chi connectivity index (χ4v) is 3.56. The van der Waals surface area contributed by atoms with Gasteiger partial charge in [-0.25, -0.2) is 9.37 Å². The SMILES string of the molecule is Cc1nn(C)cc1C(=O)N1CCCC1c1ccc(Nc2ccc(F)cn2)cn1. The molecule has 0 aromatic carbocycles. The third kappa shape index (κ3) is 3.58. The summed E-state index contributed by atoms with van der Waals surface area (Å²) in [6, 6.07) is 6.67. The summed E-state index contributed by atoms with van der Waals surface area (Å²) >= 11 is 0. The van der Waals surface area contributed by atoms with Gasteiger partial charge in [0, 0.05) is 19.8 Å². The van der Waals surface area contributed by atoms with Crippen molar-refractivity contribution in [1.82, 2.24) is 24.6 Å². The maximum Gasteiger partial charge on any atom is 0.257 e. The van der Waals surface area contributed by atoms with Gasteiger partial charge in [-0.3, -0.25) is 14.5 Å². The van der Waals surface area contributed by atoms with Gasteiger partial charge in [-0.1, -0.05) is 0 Å². The molecule has 144 valence electrons. The summed E-state index contributed by atoms with van der Waals surface area (Å²) in [6.45, 7) is 2.56. The fourth-order valence-electron chi connectivity index (χ4n) is 3.56. The summed E-state index contributed by atoms with van der Waals surface area (Å²) in [7, 11) is 1.81. The molecular weight excluding hydrogens is 359 g/mol. The number of hydrogen-bond donors (Lipinski definition) is 1. The average Bonchev–Trinajstić information content (AvgIpc) is 3.30. The summed E-state index contributed by atoms with van der Waals surface area (Å²) in [5.74, 6) is 0.155. The number of hydrogen-bond acceptors (Lipinski definition) is 5. The number of nitrogens with one attached hydrogen (secondary N) is 1. The molecule has 4 heterocycles. The first kappa shape index (κ1) is 18.1. The Morgan fingerprint density at radius 3 is 2.71 bits per heavy atom. The number of aryl methyl sites for hydroxylation is 2. The first-order valence-electron chi connectivity index (χ1n) is 9.17. The molecule has 0 saturated carbocycles. The summed E-state index contributed by atoms with van der Waals surface area (Å²) in [6.07, 6.45) is 6.45. The molecule has 3 aromatic rings. The zero-order valence-corrected chi connectivity index (χ0v) is 15.8. The zero-order valence-electron chi connectivity index (χ0n) is 15.8. The first-order valence-corrected chi connectivity index (χ1v) is 9.17. The number of likely N-dealkylation sites (tertiary alicyclic amines) is 1. The van der Waals surface area contributed by atoms with Crippen molar-refractivity contribution < 1.29 is 9.18 Å². The van der Waals surface area contributed by atoms with Gasteiger partial charge in [0.1, 0.15) is 11.6 Å². The van der Waals surface area contributed by atoms with Crippen molar-refractivity contribution >= 4 is 17.4 Å². The molecule has 1 aliphatic heterocycles. The van der Waals surface area contributed by atoms with Crippen LogP contribution in [0.1, 0.15) is 40.6 Å². The van der Waals surface area contributed by atoms with Crippen molar-refractivity contribution in [3.63, 3.8) is 0 Å². The van der Waals surface area contributed by atoms with E-state index in [1.165, 1.54) is 6.07 Å². The van der Waals surface area contributed by atoms with Crippen LogP contribution in [-0.2, 0) is 7.05 Å². The second-order valence-corrected chi connectivity index (χ2v) is 6.92. The number of rotatable bonds is 4. The Morgan fingerprint density at radius 1 is 1.21 bits per heavy atom. The van der Waals surface area contributed by atoms with E-state index in [9.17, 15) is 9.18 Å². The Kier molecular flexibility index (Phi) is 4.77. The van der Waals surface area contributed by atoms with Crippen LogP contribution < -0.4 is 5.32 Å². The number of nitrogens with zero attached hydrogens (tertiary/aromatic N) is 5. The largest absolute Gasteiger partial charge is 0.339 e. The van der Waals surface area contributed by atoms with Crippen molar-refractivity contribution in [3.8, 4) is 0 Å². The fraction of sp³-hybridized carbons (Fsp3) is 0.300. The molecule has 8 heteroatoms. The quantitative estimate of drug-likeness (QED) is 0.751. The van der Waals surface area contributed by atoms with E-state index < -0.39 is 0 Å². The predicted octanol–water partition coefficient (Wildman–Crippen LogP) is 3.38. The minimum Gasteiger partial charge on any atom is -0.339 e. The molecule has 1 saturated heterocycles. The highest BCUT2D eigenvalue weighted by atomic mass is 19.1. The third-order valence-electron chi connectivity index (χ3n) is 4.89. The van der Waals surface area contributed by atoms with E-state index >= 15 is 0 Å². The van der Waals surface area contributed by atoms with Gasteiger partial charge in [-0.2, -0.15) is 5.10 Å². The van der Waals surface area contributed by atoms with Crippen LogP contribution in [-0.4, -0.2) is 37.1 Å². The molecule has 1 amide bonds. The standard InChI is InChI=1S/C20H21FN6O/c1-13-16(12-26(2)25-13)20(28)27-9-3-4-18(27)17-7-6-15(11-22-17)24-19-8-5-14(21)10-23-19/h5-8,10-12,18H,3-4,9H2,1-2H3,(H,23,24). The lowest BCUT2D eigenvalue weighted by atomic mass is 10.1. The molecule has 28 heavy (non-hydrogen) atoms. The van der Waals surface area contributed by atoms with Crippen LogP contribution in [0.2, 0.25) is 0 Å². The van der Waals surface area contributed by atoms with Gasteiger partial charge in [0.2, 0.25) is 0 Å². The van der Waals surface area contributed by atoms with E-state index in [1.807, 2.05) is 31.0 Å². The molecule has 1 N–H and O–H groups in total. The first-order chi connectivity index (χ1) is 13.5. The number of aromatic nitrogens is 4. The van der Waals surface area contributed by atoms with Crippen molar-refractivity contribution in [3.05, 3.63) is 65.6 Å². The predicted molar refractivity (Wildman–Crippen MR) is 103 cm³/mol. The van der Waals surface area contributed by atoms with Gasteiger partial charge in [0.25, 0.3) is 5.91 Å². The molecule has 0 aliphatic carbocycles. The van der Waals surface area contributed by atoms with E-state index in [0.717, 1.165) is 36.1 Å². The lowest BCUT2D eigenvalue weighted by Gasteiger charge is -2.24. The second-order valence-electron chi connectivity index (χ2n) is 6.92. The van der Waals surface area contributed by atoms with Crippen LogP contribution in [0.3, 0.4) is 0 Å². The molecule has 7 nitrogen and oxygen atoms in total. The van der Waals surface area contributed by atoms with E-state index in [-0.39, 0.29) is 17.8 Å². The van der Waals surface area contributed by atoms with Crippen LogP contribution in [0.25, 0.3) is 0 Å². The Morgan fingerprint density at radius 2 is 2.07 bits per heavy atom. The highest BCUT2D eigenvalue weighted by Gasteiger charge is 2.32. The third-order valence-corrected chi connectivity index (χ3v) is 4.89. The smallest absolute Gasteiger partial charge is 0.257 e. The number of carbonyl (C=O) groups is 1. The second kappa shape index (κ2) is 7.38. The minimum absolute atomic E-state index is 0.00684. The van der Waals surface area contributed by atoms with Crippen molar-refractivity contribution in [1.29, 1.82) is 0 Å². The van der Waals surface area contributed by atoms with Crippen LogP contribution in [0.5, 0.6) is 0 Å². The molecule has 1 unspecified atom stereocenters. The van der Waals surface area contributed by atoms with E-state index in [4.69, 9.17) is 0 Å². The monoisotopic (exact) mass is 380 g/mol. The Hall–Kier alpha value is -3.29. The molecule has 0 radical (unpaired) electrons. The van der Waals surface area contributed by atoms with Gasteiger partial charge in [0.05, 0.1) is 41.1 Å². The topological polar surface area (TPSA) is 75.9 Å². The van der Waals surface area contributed by atoms with Crippen LogP contribution in [0, 0.1) is 12.7 Å². The molecule has 0 spiro atoms. The summed E-state index contributed by atoms with van der Waals surface area (Å²) < 4.78 is 14.6. The average molecular weight is 380 g/mol. The Balaban J connectivity index is 1.50. The number of halogens is 1. The minimum atomic E-state index is -0.381.